The number of nitrogens with one attached hydrogen (secondary N) is 1. The van der Waals surface area contributed by atoms with E-state index in [1.54, 1.807) is 0 Å². The Kier molecular flexibility index (Phi) is 5.49. The molecule has 6 nitrogen and oxygen atoms in total. The van der Waals surface area contributed by atoms with Gasteiger partial charge in [-0.1, -0.05) is 6.07 Å². The maximum Gasteiger partial charge on any atom is 0.251 e. The van der Waals surface area contributed by atoms with E-state index in [-0.39, 0.29) is 18.4 Å². The minimum atomic E-state index is -0.975. The fourth-order valence-corrected chi connectivity index (χ4v) is 2.44. The monoisotopic (exact) mass is 305 g/mol. The highest BCUT2D eigenvalue weighted by atomic mass is 16.3. The number of carbonyl (C=O) groups excluding carboxylic acids is 2. The summed E-state index contributed by atoms with van der Waals surface area (Å²) in [4.78, 5) is 29.7. The number of nitrogens with zero attached hydrogens (tertiary/aromatic N) is 2. The summed E-state index contributed by atoms with van der Waals surface area (Å²) in [6.45, 7) is 4.76. The number of rotatable bonds is 4. The molecule has 1 saturated heterocycles. The molecule has 2 rings (SSSR count). The summed E-state index contributed by atoms with van der Waals surface area (Å²) in [6, 6.07) is 3.85. The standard InChI is InChI=1S/C16H23N3O3/c1-11-6-7-13(18-12(11)2)9-17-15(21)10-19-8-4-3-5-14(20)16(19)22/h6-7,14,20H,3-5,8-10H2,1-2H3,(H,17,21). The number of pyridine rings is 1. The van der Waals surface area contributed by atoms with E-state index in [4.69, 9.17) is 0 Å². The molecule has 2 amide bonds. The van der Waals surface area contributed by atoms with Crippen LogP contribution < -0.4 is 5.32 Å². The van der Waals surface area contributed by atoms with E-state index >= 15 is 0 Å². The third kappa shape index (κ3) is 4.27. The molecule has 1 fully saturated rings. The van der Waals surface area contributed by atoms with Crippen molar-refractivity contribution in [3.8, 4) is 0 Å². The van der Waals surface area contributed by atoms with Crippen LogP contribution in [0.2, 0.25) is 0 Å². The summed E-state index contributed by atoms with van der Waals surface area (Å²) in [6.07, 6.45) is 1.12. The van der Waals surface area contributed by atoms with E-state index in [2.05, 4.69) is 10.3 Å². The van der Waals surface area contributed by atoms with Crippen LogP contribution in [-0.2, 0) is 16.1 Å². The third-order valence-electron chi connectivity index (χ3n) is 3.96. The lowest BCUT2D eigenvalue weighted by Crippen LogP contribution is -2.44. The van der Waals surface area contributed by atoms with Gasteiger partial charge >= 0.3 is 0 Å². The molecule has 1 aliphatic heterocycles. The van der Waals surface area contributed by atoms with Crippen molar-refractivity contribution in [3.63, 3.8) is 0 Å². The lowest BCUT2D eigenvalue weighted by atomic mass is 10.2. The van der Waals surface area contributed by atoms with Crippen molar-refractivity contribution in [2.45, 2.75) is 45.8 Å². The summed E-state index contributed by atoms with van der Waals surface area (Å²) in [7, 11) is 0. The predicted octanol–water partition coefficient (Wildman–Crippen LogP) is 0.688. The number of hydrogen-bond donors (Lipinski definition) is 2. The average molecular weight is 305 g/mol. The summed E-state index contributed by atoms with van der Waals surface area (Å²) < 4.78 is 0. The Morgan fingerprint density at radius 1 is 1.41 bits per heavy atom. The highest BCUT2D eigenvalue weighted by Crippen LogP contribution is 2.11. The quantitative estimate of drug-likeness (QED) is 0.857. The Morgan fingerprint density at radius 2 is 2.18 bits per heavy atom. The molecular weight excluding hydrogens is 282 g/mol. The van der Waals surface area contributed by atoms with Crippen LogP contribution in [0, 0.1) is 13.8 Å². The number of aliphatic hydroxyl groups is 1. The molecule has 2 heterocycles. The van der Waals surface area contributed by atoms with Crippen molar-refractivity contribution in [1.82, 2.24) is 15.2 Å². The molecule has 0 bridgehead atoms. The highest BCUT2D eigenvalue weighted by molar-refractivity contribution is 5.87. The van der Waals surface area contributed by atoms with Crippen LogP contribution in [0.15, 0.2) is 12.1 Å². The van der Waals surface area contributed by atoms with Gasteiger partial charge in [-0.2, -0.15) is 0 Å². The van der Waals surface area contributed by atoms with Crippen LogP contribution in [0.5, 0.6) is 0 Å². The number of aryl methyl sites for hydroxylation is 2. The Hall–Kier alpha value is -1.95. The topological polar surface area (TPSA) is 82.5 Å². The van der Waals surface area contributed by atoms with Crippen molar-refractivity contribution in [1.29, 1.82) is 0 Å². The minimum absolute atomic E-state index is 0.0132. The number of amides is 2. The average Bonchev–Trinajstić information content (AvgIpc) is 2.64. The first-order chi connectivity index (χ1) is 10.5. The minimum Gasteiger partial charge on any atom is -0.383 e. The summed E-state index contributed by atoms with van der Waals surface area (Å²) >= 11 is 0. The van der Waals surface area contributed by atoms with Gasteiger partial charge in [-0.25, -0.2) is 0 Å². The largest absolute Gasteiger partial charge is 0.383 e. The lowest BCUT2D eigenvalue weighted by Gasteiger charge is -2.21. The van der Waals surface area contributed by atoms with Crippen LogP contribution in [0.25, 0.3) is 0 Å². The van der Waals surface area contributed by atoms with Crippen LogP contribution in [0.1, 0.15) is 36.2 Å². The van der Waals surface area contributed by atoms with Gasteiger partial charge in [0.05, 0.1) is 18.8 Å². The first-order valence-electron chi connectivity index (χ1n) is 7.64. The third-order valence-corrected chi connectivity index (χ3v) is 3.96. The lowest BCUT2D eigenvalue weighted by molar-refractivity contribution is -0.142. The van der Waals surface area contributed by atoms with Gasteiger partial charge in [0.2, 0.25) is 5.91 Å². The van der Waals surface area contributed by atoms with Crippen LogP contribution in [-0.4, -0.2) is 46.0 Å². The number of carbonyl (C=O) groups is 2. The molecule has 22 heavy (non-hydrogen) atoms. The maximum absolute atomic E-state index is 12.0. The molecule has 1 unspecified atom stereocenters. The fraction of sp³-hybridized carbons (Fsp3) is 0.562. The smallest absolute Gasteiger partial charge is 0.251 e. The van der Waals surface area contributed by atoms with Crippen molar-refractivity contribution < 1.29 is 14.7 Å². The number of aliphatic hydroxyl groups excluding tert-OH is 1. The van der Waals surface area contributed by atoms with E-state index in [1.165, 1.54) is 4.90 Å². The first-order valence-corrected chi connectivity index (χ1v) is 7.64. The molecule has 0 aliphatic carbocycles. The Bertz CT molecular complexity index is 560. The molecule has 0 saturated carbocycles. The summed E-state index contributed by atoms with van der Waals surface area (Å²) in [5.74, 6) is -0.584. The van der Waals surface area contributed by atoms with Crippen LogP contribution >= 0.6 is 0 Å². The molecule has 1 atom stereocenters. The molecule has 2 N–H and O–H groups in total. The van der Waals surface area contributed by atoms with Gasteiger partial charge in [-0.3, -0.25) is 14.6 Å². The second kappa shape index (κ2) is 7.35. The first kappa shape index (κ1) is 16.4. The van der Waals surface area contributed by atoms with Crippen molar-refractivity contribution in [3.05, 3.63) is 29.1 Å². The fourth-order valence-electron chi connectivity index (χ4n) is 2.44. The van der Waals surface area contributed by atoms with E-state index in [0.717, 1.165) is 29.8 Å². The van der Waals surface area contributed by atoms with Crippen molar-refractivity contribution >= 4 is 11.8 Å². The van der Waals surface area contributed by atoms with Gasteiger partial charge in [0, 0.05) is 12.2 Å². The molecule has 1 aromatic rings. The van der Waals surface area contributed by atoms with E-state index in [9.17, 15) is 14.7 Å². The van der Waals surface area contributed by atoms with Crippen LogP contribution in [0.3, 0.4) is 0 Å². The normalized spacial score (nSPS) is 19.0. The van der Waals surface area contributed by atoms with Crippen molar-refractivity contribution in [2.24, 2.45) is 0 Å². The zero-order valence-corrected chi connectivity index (χ0v) is 13.1. The Labute approximate surface area is 130 Å². The molecule has 6 heteroatoms. The second-order valence-electron chi connectivity index (χ2n) is 5.75. The maximum atomic E-state index is 12.0. The highest BCUT2D eigenvalue weighted by Gasteiger charge is 2.26. The van der Waals surface area contributed by atoms with Gasteiger partial charge in [0.25, 0.3) is 5.91 Å². The summed E-state index contributed by atoms with van der Waals surface area (Å²) in [5.41, 5.74) is 2.84. The van der Waals surface area contributed by atoms with Crippen LogP contribution in [0.4, 0.5) is 0 Å². The van der Waals surface area contributed by atoms with Gasteiger partial charge in [-0.05, 0) is 44.7 Å². The molecule has 1 aromatic heterocycles. The molecule has 120 valence electrons. The predicted molar refractivity (Wildman–Crippen MR) is 82.0 cm³/mol. The zero-order valence-electron chi connectivity index (χ0n) is 13.1. The SMILES string of the molecule is Cc1ccc(CNC(=O)CN2CCCCC(O)C2=O)nc1C. The molecule has 0 spiro atoms. The Balaban J connectivity index is 1.86. The molecule has 1 aliphatic rings. The second-order valence-corrected chi connectivity index (χ2v) is 5.75. The molecule has 0 aromatic carbocycles. The van der Waals surface area contributed by atoms with E-state index in [0.29, 0.717) is 19.5 Å². The number of aromatic nitrogens is 1. The Morgan fingerprint density at radius 3 is 2.91 bits per heavy atom. The van der Waals surface area contributed by atoms with Gasteiger partial charge < -0.3 is 15.3 Å². The zero-order chi connectivity index (χ0) is 16.1. The van der Waals surface area contributed by atoms with Gasteiger partial charge in [0.1, 0.15) is 6.10 Å². The summed E-state index contributed by atoms with van der Waals surface area (Å²) in [5, 5.41) is 12.4. The van der Waals surface area contributed by atoms with Gasteiger partial charge in [0.15, 0.2) is 0 Å². The number of likely N-dealkylation sites (tertiary alicyclic amines) is 1. The van der Waals surface area contributed by atoms with Gasteiger partial charge in [-0.15, -0.1) is 0 Å². The van der Waals surface area contributed by atoms with E-state index in [1.807, 2.05) is 26.0 Å². The molecule has 0 radical (unpaired) electrons. The molecular formula is C16H23N3O3. The van der Waals surface area contributed by atoms with E-state index < -0.39 is 6.10 Å². The van der Waals surface area contributed by atoms with Crippen molar-refractivity contribution in [2.75, 3.05) is 13.1 Å². The number of hydrogen-bond acceptors (Lipinski definition) is 4.